The van der Waals surface area contributed by atoms with Gasteiger partial charge in [0.15, 0.2) is 5.41 Å². The minimum absolute atomic E-state index is 0.210. The predicted molar refractivity (Wildman–Crippen MR) is 65.6 cm³/mol. The molecule has 0 atom stereocenters. The Morgan fingerprint density at radius 2 is 2.11 bits per heavy atom. The number of ether oxygens (including phenoxy) is 1. The smallest absolute Gasteiger partial charge is 0.308 e. The van der Waals surface area contributed by atoms with Crippen LogP contribution in [0.1, 0.15) is 18.9 Å². The highest BCUT2D eigenvalue weighted by atomic mass is 35.5. The largest absolute Gasteiger partial charge is 0.466 e. The number of benzene rings is 1. The summed E-state index contributed by atoms with van der Waals surface area (Å²) in [6.45, 7) is 1.87. The summed E-state index contributed by atoms with van der Waals surface area (Å²) in [4.78, 5) is 11.5. The molecule has 0 spiro atoms. The minimum atomic E-state index is -1.56. The van der Waals surface area contributed by atoms with Crippen LogP contribution in [-0.4, -0.2) is 12.6 Å². The number of nitrogens with zero attached hydrogens (tertiary/aromatic N) is 2. The van der Waals surface area contributed by atoms with Crippen molar-refractivity contribution in [1.82, 2.24) is 0 Å². The van der Waals surface area contributed by atoms with Crippen molar-refractivity contribution in [1.29, 1.82) is 10.5 Å². The van der Waals surface area contributed by atoms with Gasteiger partial charge in [-0.2, -0.15) is 10.5 Å². The lowest BCUT2D eigenvalue weighted by molar-refractivity contribution is -0.143. The van der Waals surface area contributed by atoms with Gasteiger partial charge in [-0.15, -0.1) is 0 Å². The Morgan fingerprint density at radius 3 is 2.61 bits per heavy atom. The van der Waals surface area contributed by atoms with E-state index < -0.39 is 11.4 Å². The van der Waals surface area contributed by atoms with Crippen molar-refractivity contribution in [2.75, 3.05) is 6.61 Å². The normalized spacial score (nSPS) is 10.2. The molecule has 0 N–H and O–H groups in total. The lowest BCUT2D eigenvalue weighted by atomic mass is 9.80. The van der Waals surface area contributed by atoms with Gasteiger partial charge in [-0.1, -0.05) is 23.7 Å². The van der Waals surface area contributed by atoms with Gasteiger partial charge >= 0.3 is 5.97 Å². The minimum Gasteiger partial charge on any atom is -0.466 e. The van der Waals surface area contributed by atoms with Crippen LogP contribution in [0.5, 0.6) is 0 Å². The molecule has 0 unspecified atom stereocenters. The second-order valence-corrected chi connectivity index (χ2v) is 4.06. The molecule has 1 aromatic rings. The van der Waals surface area contributed by atoms with Gasteiger partial charge in [0.05, 0.1) is 25.2 Å². The first kappa shape index (κ1) is 14.0. The van der Waals surface area contributed by atoms with Gasteiger partial charge in [0.2, 0.25) is 0 Å². The maximum atomic E-state index is 11.5. The molecule has 0 aromatic heterocycles. The van der Waals surface area contributed by atoms with E-state index in [2.05, 4.69) is 0 Å². The number of nitriles is 2. The Morgan fingerprint density at radius 1 is 1.44 bits per heavy atom. The van der Waals surface area contributed by atoms with Crippen molar-refractivity contribution in [3.05, 3.63) is 34.9 Å². The van der Waals surface area contributed by atoms with Crippen molar-refractivity contribution >= 4 is 17.6 Å². The molecule has 92 valence electrons. The molecular weight excluding hydrogens is 252 g/mol. The summed E-state index contributed by atoms with van der Waals surface area (Å²) in [5.74, 6) is -0.583. The molecule has 1 aromatic carbocycles. The Bertz CT molecular complexity index is 515. The van der Waals surface area contributed by atoms with Crippen LogP contribution in [0.25, 0.3) is 0 Å². The third kappa shape index (κ3) is 3.00. The second-order valence-electron chi connectivity index (χ2n) is 3.62. The van der Waals surface area contributed by atoms with Crippen molar-refractivity contribution in [2.24, 2.45) is 0 Å². The molecule has 4 nitrogen and oxygen atoms in total. The van der Waals surface area contributed by atoms with E-state index in [1.165, 1.54) is 6.07 Å². The first-order valence-corrected chi connectivity index (χ1v) is 5.70. The lowest BCUT2D eigenvalue weighted by Gasteiger charge is -2.18. The Kier molecular flexibility index (Phi) is 4.71. The van der Waals surface area contributed by atoms with Crippen molar-refractivity contribution in [3.8, 4) is 12.1 Å². The predicted octanol–water partition coefficient (Wildman–Crippen LogP) is 2.58. The standard InChI is InChI=1S/C13H11ClN2O2/c1-2-18-12(17)7-13(8-15,9-16)10-4-3-5-11(14)6-10/h3-6H,2,7H2,1H3. The Hall–Kier alpha value is -2.04. The van der Waals surface area contributed by atoms with E-state index in [0.717, 1.165) is 0 Å². The quantitative estimate of drug-likeness (QED) is 0.782. The molecule has 0 amide bonds. The fourth-order valence-electron chi connectivity index (χ4n) is 1.52. The van der Waals surface area contributed by atoms with E-state index in [9.17, 15) is 15.3 Å². The molecule has 0 aliphatic rings. The molecule has 0 saturated carbocycles. The zero-order valence-electron chi connectivity index (χ0n) is 9.81. The second kappa shape index (κ2) is 6.05. The summed E-state index contributed by atoms with van der Waals surface area (Å²) in [7, 11) is 0. The van der Waals surface area contributed by atoms with E-state index >= 15 is 0 Å². The van der Waals surface area contributed by atoms with Crippen LogP contribution in [0.2, 0.25) is 5.02 Å². The summed E-state index contributed by atoms with van der Waals surface area (Å²) in [5.41, 5.74) is -1.16. The highest BCUT2D eigenvalue weighted by Gasteiger charge is 2.36. The third-order valence-electron chi connectivity index (χ3n) is 2.41. The maximum absolute atomic E-state index is 11.5. The molecule has 0 heterocycles. The number of halogens is 1. The van der Waals surface area contributed by atoms with Gasteiger partial charge in [0.1, 0.15) is 0 Å². The van der Waals surface area contributed by atoms with E-state index in [-0.39, 0.29) is 13.0 Å². The van der Waals surface area contributed by atoms with E-state index in [1.807, 2.05) is 12.1 Å². The number of rotatable bonds is 4. The molecule has 0 aliphatic carbocycles. The van der Waals surface area contributed by atoms with Crippen LogP contribution in [0.15, 0.2) is 24.3 Å². The average molecular weight is 263 g/mol. The number of hydrogen-bond donors (Lipinski definition) is 0. The average Bonchev–Trinajstić information content (AvgIpc) is 2.36. The van der Waals surface area contributed by atoms with E-state index in [1.54, 1.807) is 25.1 Å². The van der Waals surface area contributed by atoms with E-state index in [0.29, 0.717) is 10.6 Å². The zero-order chi connectivity index (χ0) is 13.6. The summed E-state index contributed by atoms with van der Waals surface area (Å²) < 4.78 is 4.78. The van der Waals surface area contributed by atoms with Crippen LogP contribution in [-0.2, 0) is 14.9 Å². The monoisotopic (exact) mass is 262 g/mol. The Labute approximate surface area is 110 Å². The van der Waals surface area contributed by atoms with Gasteiger partial charge in [0, 0.05) is 5.02 Å². The lowest BCUT2D eigenvalue weighted by Crippen LogP contribution is -2.27. The summed E-state index contributed by atoms with van der Waals surface area (Å²) in [6, 6.07) is 10.1. The summed E-state index contributed by atoms with van der Waals surface area (Å²) in [6.07, 6.45) is -0.311. The molecule has 0 saturated heterocycles. The van der Waals surface area contributed by atoms with Crippen LogP contribution < -0.4 is 0 Å². The molecule has 0 bridgehead atoms. The fourth-order valence-corrected chi connectivity index (χ4v) is 1.71. The molecule has 0 fully saturated rings. The van der Waals surface area contributed by atoms with Gasteiger partial charge in [0.25, 0.3) is 0 Å². The molecule has 0 aliphatic heterocycles. The van der Waals surface area contributed by atoms with Gasteiger partial charge in [-0.05, 0) is 24.6 Å². The summed E-state index contributed by atoms with van der Waals surface area (Å²) >= 11 is 5.83. The number of carbonyl (C=O) groups excluding carboxylic acids is 1. The van der Waals surface area contributed by atoms with Gasteiger partial charge in [-0.3, -0.25) is 4.79 Å². The highest BCUT2D eigenvalue weighted by Crippen LogP contribution is 2.29. The highest BCUT2D eigenvalue weighted by molar-refractivity contribution is 6.30. The summed E-state index contributed by atoms with van der Waals surface area (Å²) in [5, 5.41) is 18.8. The SMILES string of the molecule is CCOC(=O)CC(C#N)(C#N)c1cccc(Cl)c1. The van der Waals surface area contributed by atoms with Crippen molar-refractivity contribution in [2.45, 2.75) is 18.8 Å². The molecule has 1 rings (SSSR count). The molecule has 18 heavy (non-hydrogen) atoms. The Balaban J connectivity index is 3.13. The number of hydrogen-bond acceptors (Lipinski definition) is 4. The topological polar surface area (TPSA) is 73.9 Å². The van der Waals surface area contributed by atoms with Crippen LogP contribution in [0, 0.1) is 22.7 Å². The fraction of sp³-hybridized carbons (Fsp3) is 0.308. The van der Waals surface area contributed by atoms with E-state index in [4.69, 9.17) is 16.3 Å². The van der Waals surface area contributed by atoms with Crippen LogP contribution in [0.3, 0.4) is 0 Å². The molecular formula is C13H11ClN2O2. The zero-order valence-corrected chi connectivity index (χ0v) is 10.6. The van der Waals surface area contributed by atoms with Crippen LogP contribution >= 0.6 is 11.6 Å². The van der Waals surface area contributed by atoms with Gasteiger partial charge < -0.3 is 4.74 Å². The first-order valence-electron chi connectivity index (χ1n) is 5.32. The molecule has 5 heteroatoms. The maximum Gasteiger partial charge on any atom is 0.308 e. The van der Waals surface area contributed by atoms with Crippen molar-refractivity contribution in [3.63, 3.8) is 0 Å². The van der Waals surface area contributed by atoms with Crippen molar-refractivity contribution < 1.29 is 9.53 Å². The molecule has 0 radical (unpaired) electrons. The third-order valence-corrected chi connectivity index (χ3v) is 2.65. The number of carbonyl (C=O) groups is 1. The number of esters is 1. The van der Waals surface area contributed by atoms with Gasteiger partial charge in [-0.25, -0.2) is 0 Å². The van der Waals surface area contributed by atoms with Crippen LogP contribution in [0.4, 0.5) is 0 Å². The first-order chi connectivity index (χ1) is 8.57.